The van der Waals surface area contributed by atoms with Crippen LogP contribution < -0.4 is 0 Å². The second-order valence-electron chi connectivity index (χ2n) is 11.7. The Morgan fingerprint density at radius 1 is 0.732 bits per heavy atom. The van der Waals surface area contributed by atoms with Crippen molar-refractivity contribution >= 4 is 17.0 Å². The Balaban J connectivity index is 1.46. The van der Waals surface area contributed by atoms with Gasteiger partial charge in [0.2, 0.25) is 0 Å². The largest absolute Gasteiger partial charge is 0.310 e. The molecule has 0 saturated carbocycles. The van der Waals surface area contributed by atoms with Gasteiger partial charge in [-0.15, -0.1) is 0 Å². The number of hydrogen-bond donors (Lipinski definition) is 0. The first-order valence-electron chi connectivity index (χ1n) is 14.2. The number of fused-ring (bicyclic) bond motifs is 6. The monoisotopic (exact) mass is 531 g/mol. The quantitative estimate of drug-likeness (QED) is 0.230. The van der Waals surface area contributed by atoms with Gasteiger partial charge in [-0.3, -0.25) is 0 Å². The van der Waals surface area contributed by atoms with E-state index in [1.54, 1.807) is 24.8 Å². The van der Waals surface area contributed by atoms with Gasteiger partial charge in [0.25, 0.3) is 0 Å². The maximum absolute atomic E-state index is 4.58. The molecule has 5 heteroatoms. The molecule has 0 fully saturated rings. The summed E-state index contributed by atoms with van der Waals surface area (Å²) < 4.78 is 2.42. The van der Waals surface area contributed by atoms with Crippen LogP contribution in [0.5, 0.6) is 0 Å². The molecule has 8 rings (SSSR count). The SMILES string of the molecule is CC1CC=Cc2c1c1cc3c(cc1n2-c1cc(-c2ncccn2)cc(-c2ncccn2)c1)-c1ccccc1C3(C)C. The van der Waals surface area contributed by atoms with Crippen LogP contribution in [0.25, 0.3) is 56.6 Å². The van der Waals surface area contributed by atoms with Gasteiger partial charge in [0.05, 0.1) is 5.52 Å². The summed E-state index contributed by atoms with van der Waals surface area (Å²) in [6.45, 7) is 7.05. The maximum Gasteiger partial charge on any atom is 0.159 e. The molecule has 0 saturated heterocycles. The van der Waals surface area contributed by atoms with Gasteiger partial charge in [-0.2, -0.15) is 0 Å². The minimum Gasteiger partial charge on any atom is -0.310 e. The lowest BCUT2D eigenvalue weighted by Crippen LogP contribution is -2.14. The molecule has 0 radical (unpaired) electrons. The third-order valence-corrected chi connectivity index (χ3v) is 8.83. The van der Waals surface area contributed by atoms with Crippen molar-refractivity contribution in [3.8, 4) is 39.6 Å². The van der Waals surface area contributed by atoms with E-state index >= 15 is 0 Å². The smallest absolute Gasteiger partial charge is 0.159 e. The molecular formula is C36H29N5. The van der Waals surface area contributed by atoms with Crippen LogP contribution in [-0.4, -0.2) is 24.5 Å². The molecule has 3 aromatic carbocycles. The lowest BCUT2D eigenvalue weighted by molar-refractivity contribution is 0.661. The van der Waals surface area contributed by atoms with E-state index in [0.29, 0.717) is 17.6 Å². The lowest BCUT2D eigenvalue weighted by Gasteiger charge is -2.22. The summed E-state index contributed by atoms with van der Waals surface area (Å²) in [7, 11) is 0. The van der Waals surface area contributed by atoms with Gasteiger partial charge in [-0.1, -0.05) is 51.1 Å². The van der Waals surface area contributed by atoms with Crippen molar-refractivity contribution in [1.29, 1.82) is 0 Å². The zero-order chi connectivity index (χ0) is 27.7. The molecule has 0 bridgehead atoms. The summed E-state index contributed by atoms with van der Waals surface area (Å²) in [5.41, 5.74) is 12.2. The maximum atomic E-state index is 4.58. The van der Waals surface area contributed by atoms with Crippen LogP contribution >= 0.6 is 0 Å². The Labute approximate surface area is 239 Å². The number of allylic oxidation sites excluding steroid dienone is 1. The molecule has 198 valence electrons. The summed E-state index contributed by atoms with van der Waals surface area (Å²) in [4.78, 5) is 18.3. The van der Waals surface area contributed by atoms with Crippen LogP contribution in [0.15, 0.2) is 97.6 Å². The lowest BCUT2D eigenvalue weighted by atomic mass is 9.81. The van der Waals surface area contributed by atoms with Crippen LogP contribution in [0.1, 0.15) is 55.5 Å². The van der Waals surface area contributed by atoms with E-state index in [0.717, 1.165) is 23.2 Å². The fourth-order valence-corrected chi connectivity index (χ4v) is 6.88. The zero-order valence-corrected chi connectivity index (χ0v) is 23.3. The van der Waals surface area contributed by atoms with Crippen molar-refractivity contribution in [3.63, 3.8) is 0 Å². The highest BCUT2D eigenvalue weighted by Crippen LogP contribution is 2.52. The Hall–Kier alpha value is -4.90. The minimum atomic E-state index is -0.0504. The fraction of sp³-hybridized carbons (Fsp3) is 0.167. The molecule has 0 spiro atoms. The molecule has 6 aromatic rings. The average molecular weight is 532 g/mol. The van der Waals surface area contributed by atoms with Gasteiger partial charge in [0.15, 0.2) is 11.6 Å². The van der Waals surface area contributed by atoms with E-state index in [1.165, 1.54) is 44.4 Å². The molecule has 2 aliphatic rings. The van der Waals surface area contributed by atoms with Gasteiger partial charge >= 0.3 is 0 Å². The second kappa shape index (κ2) is 8.80. The molecule has 0 amide bonds. The van der Waals surface area contributed by atoms with E-state index in [4.69, 9.17) is 0 Å². The molecular weight excluding hydrogens is 502 g/mol. The van der Waals surface area contributed by atoms with E-state index < -0.39 is 0 Å². The topological polar surface area (TPSA) is 56.5 Å². The molecule has 0 N–H and O–H groups in total. The predicted molar refractivity (Wildman–Crippen MR) is 165 cm³/mol. The number of aromatic nitrogens is 5. The molecule has 2 aliphatic carbocycles. The number of nitrogens with zero attached hydrogens (tertiary/aromatic N) is 5. The van der Waals surface area contributed by atoms with Gasteiger partial charge in [-0.05, 0) is 88.7 Å². The molecule has 5 nitrogen and oxygen atoms in total. The van der Waals surface area contributed by atoms with Gasteiger partial charge < -0.3 is 4.57 Å². The number of hydrogen-bond acceptors (Lipinski definition) is 4. The van der Waals surface area contributed by atoms with Crippen LogP contribution in [0.4, 0.5) is 0 Å². The van der Waals surface area contributed by atoms with Crippen LogP contribution in [0.3, 0.4) is 0 Å². The number of rotatable bonds is 3. The summed E-state index contributed by atoms with van der Waals surface area (Å²) in [5.74, 6) is 1.77. The highest BCUT2D eigenvalue weighted by Gasteiger charge is 2.37. The molecule has 3 heterocycles. The third kappa shape index (κ3) is 3.55. The van der Waals surface area contributed by atoms with Crippen molar-refractivity contribution in [2.75, 3.05) is 0 Å². The highest BCUT2D eigenvalue weighted by atomic mass is 15.0. The molecule has 1 atom stereocenters. The first-order chi connectivity index (χ1) is 20.0. The first-order valence-corrected chi connectivity index (χ1v) is 14.2. The Morgan fingerprint density at radius 2 is 1.39 bits per heavy atom. The normalized spacial score (nSPS) is 16.4. The molecule has 3 aromatic heterocycles. The van der Waals surface area contributed by atoms with Crippen molar-refractivity contribution in [2.45, 2.75) is 38.5 Å². The van der Waals surface area contributed by atoms with Crippen molar-refractivity contribution in [1.82, 2.24) is 24.5 Å². The van der Waals surface area contributed by atoms with E-state index in [2.05, 4.69) is 112 Å². The van der Waals surface area contributed by atoms with Crippen LogP contribution in [0, 0.1) is 0 Å². The standard InChI is InChI=1S/C36H29N5/c1-22-9-6-12-31-33(22)28-20-30-27(26-10-4-5-11-29(26)36(30,2)3)21-32(28)41(31)25-18-23(34-37-13-7-14-38-34)17-24(19-25)35-39-15-8-16-40-35/h4-8,10-22H,9H2,1-3H3. The van der Waals surface area contributed by atoms with Crippen molar-refractivity contribution in [3.05, 3.63) is 120 Å². The van der Waals surface area contributed by atoms with Crippen molar-refractivity contribution in [2.24, 2.45) is 0 Å². The molecule has 0 aliphatic heterocycles. The third-order valence-electron chi connectivity index (χ3n) is 8.83. The number of benzene rings is 3. The minimum absolute atomic E-state index is 0.0504. The fourth-order valence-electron chi connectivity index (χ4n) is 6.88. The van der Waals surface area contributed by atoms with Crippen LogP contribution in [0.2, 0.25) is 0 Å². The average Bonchev–Trinajstić information content (AvgIpc) is 3.46. The Morgan fingerprint density at radius 3 is 2.07 bits per heavy atom. The highest BCUT2D eigenvalue weighted by molar-refractivity contribution is 5.98. The summed E-state index contributed by atoms with van der Waals surface area (Å²) in [6, 6.07) is 23.9. The predicted octanol–water partition coefficient (Wildman–Crippen LogP) is 8.37. The summed E-state index contributed by atoms with van der Waals surface area (Å²) in [6.07, 6.45) is 12.8. The van der Waals surface area contributed by atoms with Crippen LogP contribution in [-0.2, 0) is 5.41 Å². The molecule has 41 heavy (non-hydrogen) atoms. The van der Waals surface area contributed by atoms with Gasteiger partial charge in [-0.25, -0.2) is 19.9 Å². The van der Waals surface area contributed by atoms with E-state index in [-0.39, 0.29) is 5.41 Å². The van der Waals surface area contributed by atoms with Crippen molar-refractivity contribution < 1.29 is 0 Å². The van der Waals surface area contributed by atoms with Gasteiger partial charge in [0.1, 0.15) is 0 Å². The summed E-state index contributed by atoms with van der Waals surface area (Å²) >= 11 is 0. The first kappa shape index (κ1) is 23.9. The van der Waals surface area contributed by atoms with Gasteiger partial charge in [0, 0.05) is 58.1 Å². The Kier molecular flexibility index (Phi) is 5.14. The van der Waals surface area contributed by atoms with E-state index in [9.17, 15) is 0 Å². The Bertz CT molecular complexity index is 1940. The zero-order valence-electron chi connectivity index (χ0n) is 23.3. The molecule has 1 unspecified atom stereocenters. The second-order valence-corrected chi connectivity index (χ2v) is 11.7. The summed E-state index contributed by atoms with van der Waals surface area (Å²) in [5, 5.41) is 1.33. The van der Waals surface area contributed by atoms with E-state index in [1.807, 2.05) is 12.1 Å².